The minimum absolute atomic E-state index is 0.0261. The molecule has 2 atom stereocenters. The summed E-state index contributed by atoms with van der Waals surface area (Å²) < 4.78 is 16.7. The second-order valence-electron chi connectivity index (χ2n) is 8.19. The summed E-state index contributed by atoms with van der Waals surface area (Å²) in [5.41, 5.74) is -0.568. The highest BCUT2D eigenvalue weighted by Crippen LogP contribution is 2.31. The van der Waals surface area contributed by atoms with E-state index in [4.69, 9.17) is 14.2 Å². The number of hydrogen-bond donors (Lipinski definition) is 1. The molecule has 1 heterocycles. The SMILES string of the molecule is CCOC(=O)C1CCC(O[C@@H]2C[C@@H](CO)N(C(=O)OC(C)(C)C)C2)CC1. The van der Waals surface area contributed by atoms with Crippen LogP contribution in [0, 0.1) is 5.92 Å². The maximum Gasteiger partial charge on any atom is 0.410 e. The van der Waals surface area contributed by atoms with E-state index in [1.54, 1.807) is 4.90 Å². The Labute approximate surface area is 156 Å². The van der Waals surface area contributed by atoms with Crippen molar-refractivity contribution in [3.05, 3.63) is 0 Å². The van der Waals surface area contributed by atoms with Crippen molar-refractivity contribution in [2.75, 3.05) is 19.8 Å². The number of ether oxygens (including phenoxy) is 3. The molecule has 150 valence electrons. The summed E-state index contributed by atoms with van der Waals surface area (Å²) in [7, 11) is 0. The summed E-state index contributed by atoms with van der Waals surface area (Å²) in [5, 5.41) is 9.60. The van der Waals surface area contributed by atoms with Gasteiger partial charge in [-0.05, 0) is 59.8 Å². The highest BCUT2D eigenvalue weighted by atomic mass is 16.6. The highest BCUT2D eigenvalue weighted by molar-refractivity contribution is 5.72. The highest BCUT2D eigenvalue weighted by Gasteiger charge is 2.39. The van der Waals surface area contributed by atoms with Crippen molar-refractivity contribution in [2.45, 2.75) is 83.6 Å². The van der Waals surface area contributed by atoms with Crippen LogP contribution in [0.3, 0.4) is 0 Å². The number of aliphatic hydroxyl groups is 1. The van der Waals surface area contributed by atoms with Crippen LogP contribution in [-0.2, 0) is 19.0 Å². The Morgan fingerprint density at radius 2 is 1.77 bits per heavy atom. The fourth-order valence-corrected chi connectivity index (χ4v) is 3.66. The summed E-state index contributed by atoms with van der Waals surface area (Å²) >= 11 is 0. The molecule has 1 amide bonds. The average molecular weight is 371 g/mol. The van der Waals surface area contributed by atoms with Crippen molar-refractivity contribution in [3.8, 4) is 0 Å². The van der Waals surface area contributed by atoms with E-state index in [0.717, 1.165) is 25.7 Å². The molecule has 26 heavy (non-hydrogen) atoms. The normalized spacial score (nSPS) is 29.5. The van der Waals surface area contributed by atoms with Gasteiger partial charge in [-0.3, -0.25) is 4.79 Å². The number of amides is 1. The summed E-state index contributed by atoms with van der Waals surface area (Å²) in [6.07, 6.45) is 3.35. The lowest BCUT2D eigenvalue weighted by Gasteiger charge is -2.29. The minimum atomic E-state index is -0.568. The first-order chi connectivity index (χ1) is 12.2. The number of nitrogens with zero attached hydrogens (tertiary/aromatic N) is 1. The molecule has 0 bridgehead atoms. The van der Waals surface area contributed by atoms with Gasteiger partial charge in [-0.2, -0.15) is 0 Å². The lowest BCUT2D eigenvalue weighted by molar-refractivity contribution is -0.150. The Kier molecular flexibility index (Phi) is 7.29. The average Bonchev–Trinajstić information content (AvgIpc) is 2.97. The van der Waals surface area contributed by atoms with Gasteiger partial charge in [0.2, 0.25) is 0 Å². The van der Waals surface area contributed by atoms with Crippen LogP contribution in [0.5, 0.6) is 0 Å². The molecule has 1 aliphatic heterocycles. The molecule has 0 aromatic rings. The zero-order valence-corrected chi connectivity index (χ0v) is 16.4. The smallest absolute Gasteiger partial charge is 0.410 e. The molecule has 0 aromatic carbocycles. The van der Waals surface area contributed by atoms with E-state index in [0.29, 0.717) is 19.6 Å². The lowest BCUT2D eigenvalue weighted by Crippen LogP contribution is -2.41. The van der Waals surface area contributed by atoms with Crippen LogP contribution in [0.15, 0.2) is 0 Å². The Bertz CT molecular complexity index is 481. The molecule has 1 saturated heterocycles. The molecule has 2 fully saturated rings. The van der Waals surface area contributed by atoms with E-state index in [2.05, 4.69) is 0 Å². The monoisotopic (exact) mass is 371 g/mol. The summed E-state index contributed by atoms with van der Waals surface area (Å²) in [6, 6.07) is -0.272. The van der Waals surface area contributed by atoms with Crippen molar-refractivity contribution in [3.63, 3.8) is 0 Å². The molecular weight excluding hydrogens is 338 g/mol. The molecule has 1 saturated carbocycles. The van der Waals surface area contributed by atoms with Crippen molar-refractivity contribution in [1.29, 1.82) is 0 Å². The number of carbonyl (C=O) groups excluding carboxylic acids is 2. The van der Waals surface area contributed by atoms with Crippen molar-refractivity contribution in [2.24, 2.45) is 5.92 Å². The van der Waals surface area contributed by atoms with Gasteiger partial charge in [-0.15, -0.1) is 0 Å². The van der Waals surface area contributed by atoms with Gasteiger partial charge in [0.1, 0.15) is 5.60 Å². The second-order valence-corrected chi connectivity index (χ2v) is 8.19. The molecule has 0 unspecified atom stereocenters. The lowest BCUT2D eigenvalue weighted by atomic mass is 9.87. The van der Waals surface area contributed by atoms with E-state index in [-0.39, 0.29) is 36.7 Å². The van der Waals surface area contributed by atoms with Crippen LogP contribution in [-0.4, -0.2) is 65.7 Å². The summed E-state index contributed by atoms with van der Waals surface area (Å²) in [4.78, 5) is 25.7. The van der Waals surface area contributed by atoms with E-state index in [1.165, 1.54) is 0 Å². The molecule has 0 spiro atoms. The van der Waals surface area contributed by atoms with Gasteiger partial charge in [0, 0.05) is 0 Å². The van der Waals surface area contributed by atoms with Crippen LogP contribution in [0.1, 0.15) is 59.8 Å². The third-order valence-electron chi connectivity index (χ3n) is 4.89. The van der Waals surface area contributed by atoms with Crippen LogP contribution in [0.25, 0.3) is 0 Å². The zero-order chi connectivity index (χ0) is 19.3. The predicted octanol–water partition coefficient (Wildman–Crippen LogP) is 2.50. The van der Waals surface area contributed by atoms with Crippen molar-refractivity contribution >= 4 is 12.1 Å². The van der Waals surface area contributed by atoms with E-state index < -0.39 is 11.7 Å². The van der Waals surface area contributed by atoms with E-state index in [9.17, 15) is 14.7 Å². The molecule has 0 aromatic heterocycles. The van der Waals surface area contributed by atoms with E-state index in [1.807, 2.05) is 27.7 Å². The number of esters is 1. The van der Waals surface area contributed by atoms with Gasteiger partial charge < -0.3 is 24.2 Å². The molecule has 0 radical (unpaired) electrons. The topological polar surface area (TPSA) is 85.3 Å². The van der Waals surface area contributed by atoms with Gasteiger partial charge >= 0.3 is 12.1 Å². The fraction of sp³-hybridized carbons (Fsp3) is 0.895. The Morgan fingerprint density at radius 1 is 1.12 bits per heavy atom. The van der Waals surface area contributed by atoms with Crippen LogP contribution in [0.2, 0.25) is 0 Å². The first kappa shape index (κ1) is 21.0. The third kappa shape index (κ3) is 5.84. The zero-order valence-electron chi connectivity index (χ0n) is 16.4. The van der Waals surface area contributed by atoms with Crippen LogP contribution < -0.4 is 0 Å². The molecule has 1 aliphatic carbocycles. The van der Waals surface area contributed by atoms with Gasteiger partial charge in [0.15, 0.2) is 0 Å². The first-order valence-electron chi connectivity index (χ1n) is 9.66. The molecule has 2 aliphatic rings. The number of hydrogen-bond acceptors (Lipinski definition) is 6. The Hall–Kier alpha value is -1.34. The molecular formula is C19H33NO6. The third-order valence-corrected chi connectivity index (χ3v) is 4.89. The molecule has 1 N–H and O–H groups in total. The standard InChI is InChI=1S/C19H33NO6/c1-5-24-17(22)13-6-8-15(9-7-13)25-16-10-14(12-21)20(11-16)18(23)26-19(2,3)4/h13-16,21H,5-12H2,1-4H3/t13?,14-,15?,16+/m0/s1. The largest absolute Gasteiger partial charge is 0.466 e. The maximum atomic E-state index is 12.3. The van der Waals surface area contributed by atoms with Crippen molar-refractivity contribution < 1.29 is 28.9 Å². The van der Waals surface area contributed by atoms with E-state index >= 15 is 0 Å². The Balaban J connectivity index is 1.82. The molecule has 2 rings (SSSR count). The van der Waals surface area contributed by atoms with Gasteiger partial charge in [-0.1, -0.05) is 0 Å². The molecule has 7 heteroatoms. The summed E-state index contributed by atoms with van der Waals surface area (Å²) in [6.45, 7) is 8.04. The van der Waals surface area contributed by atoms with Gasteiger partial charge in [-0.25, -0.2) is 4.79 Å². The number of likely N-dealkylation sites (tertiary alicyclic amines) is 1. The van der Waals surface area contributed by atoms with Crippen LogP contribution in [0.4, 0.5) is 4.79 Å². The summed E-state index contributed by atoms with van der Waals surface area (Å²) in [5.74, 6) is -0.134. The quantitative estimate of drug-likeness (QED) is 0.748. The maximum absolute atomic E-state index is 12.3. The number of rotatable bonds is 5. The molecule has 7 nitrogen and oxygen atoms in total. The van der Waals surface area contributed by atoms with Gasteiger partial charge in [0.25, 0.3) is 0 Å². The fourth-order valence-electron chi connectivity index (χ4n) is 3.66. The Morgan fingerprint density at radius 3 is 2.31 bits per heavy atom. The number of aliphatic hydroxyl groups excluding tert-OH is 1. The van der Waals surface area contributed by atoms with Crippen molar-refractivity contribution in [1.82, 2.24) is 4.90 Å². The minimum Gasteiger partial charge on any atom is -0.466 e. The second kappa shape index (κ2) is 9.04. The first-order valence-corrected chi connectivity index (χ1v) is 9.66. The predicted molar refractivity (Wildman–Crippen MR) is 95.7 cm³/mol. The van der Waals surface area contributed by atoms with Gasteiger partial charge in [0.05, 0.1) is 43.9 Å². The number of carbonyl (C=O) groups is 2. The van der Waals surface area contributed by atoms with Crippen LogP contribution >= 0.6 is 0 Å².